The molecule has 1 aliphatic rings. The smallest absolute Gasteiger partial charge is 0.417 e. The highest BCUT2D eigenvalue weighted by Gasteiger charge is 2.50. The van der Waals surface area contributed by atoms with Crippen LogP contribution in [0.3, 0.4) is 0 Å². The Bertz CT molecular complexity index is 620. The molecule has 1 fully saturated rings. The Morgan fingerprint density at radius 1 is 1.21 bits per heavy atom. The Hall–Kier alpha value is -2.37. The third-order valence-electron chi connectivity index (χ3n) is 3.67. The number of imide groups is 1. The molecule has 1 aromatic carbocycles. The van der Waals surface area contributed by atoms with Gasteiger partial charge in [0.25, 0.3) is 0 Å². The van der Waals surface area contributed by atoms with Crippen LogP contribution in [0.15, 0.2) is 30.3 Å². The van der Waals surface area contributed by atoms with E-state index in [4.69, 9.17) is 9.47 Å². The van der Waals surface area contributed by atoms with E-state index in [1.54, 1.807) is 27.7 Å². The summed E-state index contributed by atoms with van der Waals surface area (Å²) in [7, 11) is 0. The number of esters is 1. The van der Waals surface area contributed by atoms with Crippen LogP contribution in [0.25, 0.3) is 0 Å². The number of hydrogen-bond donors (Lipinski definition) is 0. The molecule has 0 N–H and O–H groups in total. The van der Waals surface area contributed by atoms with Crippen molar-refractivity contribution < 1.29 is 23.9 Å². The Labute approximate surface area is 141 Å². The molecular formula is C18H23NO5. The van der Waals surface area contributed by atoms with E-state index < -0.39 is 35.5 Å². The maximum atomic E-state index is 12.4. The SMILES string of the molecule is CCOC(=O)[C@H]1[C@H](c2ccccc2)CC(=O)N1C(=O)OC(C)(C)C. The van der Waals surface area contributed by atoms with Crippen molar-refractivity contribution in [3.05, 3.63) is 35.9 Å². The monoisotopic (exact) mass is 333 g/mol. The highest BCUT2D eigenvalue weighted by Crippen LogP contribution is 2.36. The molecule has 2 rings (SSSR count). The zero-order valence-corrected chi connectivity index (χ0v) is 14.4. The molecule has 0 radical (unpaired) electrons. The fourth-order valence-electron chi connectivity index (χ4n) is 2.76. The second kappa shape index (κ2) is 7.03. The molecule has 1 heterocycles. The van der Waals surface area contributed by atoms with Gasteiger partial charge in [-0.25, -0.2) is 14.5 Å². The number of likely N-dealkylation sites (tertiary alicyclic amines) is 1. The topological polar surface area (TPSA) is 72.9 Å². The van der Waals surface area contributed by atoms with Crippen molar-refractivity contribution in [1.29, 1.82) is 0 Å². The molecule has 1 aliphatic heterocycles. The first kappa shape index (κ1) is 18.0. The van der Waals surface area contributed by atoms with Crippen molar-refractivity contribution in [3.63, 3.8) is 0 Å². The molecule has 0 saturated carbocycles. The Balaban J connectivity index is 2.36. The quantitative estimate of drug-likeness (QED) is 0.795. The normalized spacial score (nSPS) is 20.8. The van der Waals surface area contributed by atoms with Crippen molar-refractivity contribution in [2.45, 2.75) is 51.7 Å². The molecule has 6 heteroatoms. The predicted molar refractivity (Wildman–Crippen MR) is 87.3 cm³/mol. The van der Waals surface area contributed by atoms with Crippen molar-refractivity contribution in [2.24, 2.45) is 0 Å². The van der Waals surface area contributed by atoms with Crippen molar-refractivity contribution in [2.75, 3.05) is 6.61 Å². The van der Waals surface area contributed by atoms with E-state index in [1.165, 1.54) is 0 Å². The standard InChI is InChI=1S/C18H23NO5/c1-5-23-16(21)15-13(12-9-7-6-8-10-12)11-14(20)19(15)17(22)24-18(2,3)4/h6-10,13,15H,5,11H2,1-4H3/t13-,15+/m0/s1. The van der Waals surface area contributed by atoms with Gasteiger partial charge >= 0.3 is 12.1 Å². The molecule has 0 bridgehead atoms. The molecule has 1 saturated heterocycles. The van der Waals surface area contributed by atoms with Crippen LogP contribution in [0.2, 0.25) is 0 Å². The Morgan fingerprint density at radius 3 is 2.38 bits per heavy atom. The van der Waals surface area contributed by atoms with Crippen molar-refractivity contribution >= 4 is 18.0 Å². The highest BCUT2D eigenvalue weighted by molar-refractivity contribution is 6.00. The van der Waals surface area contributed by atoms with Crippen molar-refractivity contribution in [1.82, 2.24) is 4.90 Å². The average Bonchev–Trinajstić information content (AvgIpc) is 2.84. The highest BCUT2D eigenvalue weighted by atomic mass is 16.6. The van der Waals surface area contributed by atoms with Gasteiger partial charge < -0.3 is 9.47 Å². The summed E-state index contributed by atoms with van der Waals surface area (Å²) in [6, 6.07) is 8.18. The fourth-order valence-corrected chi connectivity index (χ4v) is 2.76. The number of carbonyl (C=O) groups excluding carboxylic acids is 3. The van der Waals surface area contributed by atoms with E-state index in [2.05, 4.69) is 0 Å². The lowest BCUT2D eigenvalue weighted by Gasteiger charge is -2.28. The van der Waals surface area contributed by atoms with Crippen LogP contribution in [0, 0.1) is 0 Å². The molecular weight excluding hydrogens is 310 g/mol. The van der Waals surface area contributed by atoms with Crippen LogP contribution in [-0.4, -0.2) is 41.1 Å². The minimum atomic E-state index is -1.00. The first-order chi connectivity index (χ1) is 11.2. The summed E-state index contributed by atoms with van der Waals surface area (Å²) < 4.78 is 10.4. The maximum Gasteiger partial charge on any atom is 0.417 e. The van der Waals surface area contributed by atoms with Crippen LogP contribution >= 0.6 is 0 Å². The summed E-state index contributed by atoms with van der Waals surface area (Å²) in [5.74, 6) is -1.47. The van der Waals surface area contributed by atoms with E-state index in [0.717, 1.165) is 10.5 Å². The minimum Gasteiger partial charge on any atom is -0.464 e. The van der Waals surface area contributed by atoms with Gasteiger partial charge in [-0.15, -0.1) is 0 Å². The fraction of sp³-hybridized carbons (Fsp3) is 0.500. The van der Waals surface area contributed by atoms with E-state index in [0.29, 0.717) is 0 Å². The van der Waals surface area contributed by atoms with Crippen LogP contribution in [0.4, 0.5) is 4.79 Å². The van der Waals surface area contributed by atoms with E-state index in [9.17, 15) is 14.4 Å². The summed E-state index contributed by atoms with van der Waals surface area (Å²) in [5.41, 5.74) is 0.0523. The number of carbonyl (C=O) groups is 3. The largest absolute Gasteiger partial charge is 0.464 e. The van der Waals surface area contributed by atoms with Gasteiger partial charge in [0.05, 0.1) is 6.61 Å². The number of benzene rings is 1. The summed E-state index contributed by atoms with van der Waals surface area (Å²) in [5, 5.41) is 0. The predicted octanol–water partition coefficient (Wildman–Crippen LogP) is 2.87. The summed E-state index contributed by atoms with van der Waals surface area (Å²) in [6.45, 7) is 6.98. The van der Waals surface area contributed by atoms with Gasteiger partial charge in [0, 0.05) is 12.3 Å². The molecule has 0 unspecified atom stereocenters. The first-order valence-electron chi connectivity index (χ1n) is 8.01. The molecule has 0 spiro atoms. The molecule has 24 heavy (non-hydrogen) atoms. The minimum absolute atomic E-state index is 0.0622. The third-order valence-corrected chi connectivity index (χ3v) is 3.67. The number of rotatable bonds is 3. The number of nitrogens with zero attached hydrogens (tertiary/aromatic N) is 1. The van der Waals surface area contributed by atoms with Gasteiger partial charge in [-0.2, -0.15) is 0 Å². The summed E-state index contributed by atoms with van der Waals surface area (Å²) >= 11 is 0. The first-order valence-corrected chi connectivity index (χ1v) is 8.01. The lowest BCUT2D eigenvalue weighted by atomic mass is 9.91. The molecule has 130 valence electrons. The van der Waals surface area contributed by atoms with Crippen LogP contribution in [0.5, 0.6) is 0 Å². The van der Waals surface area contributed by atoms with Crippen molar-refractivity contribution in [3.8, 4) is 0 Å². The third kappa shape index (κ3) is 3.93. The van der Waals surface area contributed by atoms with Gasteiger partial charge in [0.2, 0.25) is 5.91 Å². The number of amides is 2. The Morgan fingerprint density at radius 2 is 1.83 bits per heavy atom. The molecule has 2 atom stereocenters. The van der Waals surface area contributed by atoms with Gasteiger partial charge in [0.15, 0.2) is 0 Å². The second-order valence-electron chi connectivity index (χ2n) is 6.66. The van der Waals surface area contributed by atoms with E-state index >= 15 is 0 Å². The van der Waals surface area contributed by atoms with Gasteiger partial charge in [-0.3, -0.25) is 4.79 Å². The van der Waals surface area contributed by atoms with Gasteiger partial charge in [-0.05, 0) is 33.3 Å². The van der Waals surface area contributed by atoms with Crippen LogP contribution in [-0.2, 0) is 19.1 Å². The molecule has 2 amide bonds. The van der Waals surface area contributed by atoms with Gasteiger partial charge in [0.1, 0.15) is 11.6 Å². The summed E-state index contributed by atoms with van der Waals surface area (Å²) in [6.07, 6.45) is -0.754. The van der Waals surface area contributed by atoms with Gasteiger partial charge in [-0.1, -0.05) is 30.3 Å². The van der Waals surface area contributed by atoms with E-state index in [-0.39, 0.29) is 13.0 Å². The zero-order valence-electron chi connectivity index (χ0n) is 14.4. The average molecular weight is 333 g/mol. The lowest BCUT2D eigenvalue weighted by molar-refractivity contribution is -0.151. The Kier molecular flexibility index (Phi) is 5.26. The zero-order chi connectivity index (χ0) is 17.9. The second-order valence-corrected chi connectivity index (χ2v) is 6.66. The number of hydrogen-bond acceptors (Lipinski definition) is 5. The number of ether oxygens (including phenoxy) is 2. The van der Waals surface area contributed by atoms with Crippen LogP contribution in [0.1, 0.15) is 45.6 Å². The molecule has 6 nitrogen and oxygen atoms in total. The summed E-state index contributed by atoms with van der Waals surface area (Å²) in [4.78, 5) is 38.2. The maximum absolute atomic E-state index is 12.4. The van der Waals surface area contributed by atoms with E-state index in [1.807, 2.05) is 30.3 Å². The molecule has 1 aromatic rings. The molecule has 0 aliphatic carbocycles. The van der Waals surface area contributed by atoms with Crippen LogP contribution < -0.4 is 0 Å². The molecule has 0 aromatic heterocycles. The lowest BCUT2D eigenvalue weighted by Crippen LogP contribution is -2.47.